The molecule has 3 aliphatic heterocycles. The summed E-state index contributed by atoms with van der Waals surface area (Å²) in [5, 5.41) is 9.44. The molecule has 6 heteroatoms. The summed E-state index contributed by atoms with van der Waals surface area (Å²) in [7, 11) is 0. The molecule has 2 saturated heterocycles. The third-order valence-electron chi connectivity index (χ3n) is 5.30. The molecule has 0 spiro atoms. The van der Waals surface area contributed by atoms with Gasteiger partial charge in [-0.3, -0.25) is 4.79 Å². The molecule has 1 N–H and O–H groups in total. The van der Waals surface area contributed by atoms with Gasteiger partial charge in [0.2, 0.25) is 5.91 Å². The van der Waals surface area contributed by atoms with Crippen LogP contribution in [0.5, 0.6) is 0 Å². The molecule has 0 saturated carbocycles. The Kier molecular flexibility index (Phi) is 5.36. The first-order chi connectivity index (χ1) is 11.7. The minimum atomic E-state index is -0.472. The summed E-state index contributed by atoms with van der Waals surface area (Å²) >= 11 is 0. The SMILES string of the molecule is C=CCOC(=O)C1=C(CCO)C(CCN2CCCC2)C2CC(=O)N12. The van der Waals surface area contributed by atoms with Gasteiger partial charge in [0, 0.05) is 18.9 Å². The number of ether oxygens (including phenoxy) is 1. The van der Waals surface area contributed by atoms with Gasteiger partial charge in [-0.1, -0.05) is 12.7 Å². The molecule has 3 aliphatic rings. The van der Waals surface area contributed by atoms with E-state index in [1.54, 1.807) is 4.90 Å². The van der Waals surface area contributed by atoms with Gasteiger partial charge < -0.3 is 19.6 Å². The zero-order chi connectivity index (χ0) is 17.1. The van der Waals surface area contributed by atoms with Crippen LogP contribution < -0.4 is 0 Å². The lowest BCUT2D eigenvalue weighted by molar-refractivity contribution is -0.150. The maximum absolute atomic E-state index is 12.4. The van der Waals surface area contributed by atoms with Crippen molar-refractivity contribution in [1.29, 1.82) is 0 Å². The first-order valence-electron chi connectivity index (χ1n) is 8.83. The van der Waals surface area contributed by atoms with E-state index in [1.165, 1.54) is 18.9 Å². The van der Waals surface area contributed by atoms with Crippen LogP contribution in [0.15, 0.2) is 23.9 Å². The molecule has 0 aromatic carbocycles. The number of esters is 1. The number of hydrogen-bond acceptors (Lipinski definition) is 5. The molecule has 132 valence electrons. The molecule has 2 atom stereocenters. The Balaban J connectivity index is 1.78. The van der Waals surface area contributed by atoms with Crippen LogP contribution in [0.25, 0.3) is 0 Å². The van der Waals surface area contributed by atoms with E-state index in [0.717, 1.165) is 31.6 Å². The Labute approximate surface area is 142 Å². The van der Waals surface area contributed by atoms with E-state index in [9.17, 15) is 14.7 Å². The van der Waals surface area contributed by atoms with Crippen molar-refractivity contribution in [2.45, 2.75) is 38.1 Å². The summed E-state index contributed by atoms with van der Waals surface area (Å²) in [4.78, 5) is 28.5. The lowest BCUT2D eigenvalue weighted by Crippen LogP contribution is -2.52. The van der Waals surface area contributed by atoms with Gasteiger partial charge in [0.1, 0.15) is 12.3 Å². The second-order valence-corrected chi connectivity index (χ2v) is 6.71. The normalized spacial score (nSPS) is 26.5. The topological polar surface area (TPSA) is 70.1 Å². The van der Waals surface area contributed by atoms with Crippen molar-refractivity contribution in [3.8, 4) is 0 Å². The largest absolute Gasteiger partial charge is 0.457 e. The lowest BCUT2D eigenvalue weighted by Gasteiger charge is -2.39. The fourth-order valence-corrected chi connectivity index (χ4v) is 4.17. The molecule has 24 heavy (non-hydrogen) atoms. The highest BCUT2D eigenvalue weighted by Crippen LogP contribution is 2.45. The summed E-state index contributed by atoms with van der Waals surface area (Å²) in [5.74, 6) is -0.341. The Morgan fingerprint density at radius 1 is 1.38 bits per heavy atom. The zero-order valence-corrected chi connectivity index (χ0v) is 14.1. The number of β-lactam (4-membered cyclic amide) rings is 1. The van der Waals surface area contributed by atoms with Gasteiger partial charge in [-0.2, -0.15) is 0 Å². The monoisotopic (exact) mass is 334 g/mol. The maximum atomic E-state index is 12.4. The van der Waals surface area contributed by atoms with Gasteiger partial charge in [0.15, 0.2) is 0 Å². The van der Waals surface area contributed by atoms with Crippen LogP contribution in [0, 0.1) is 5.92 Å². The van der Waals surface area contributed by atoms with E-state index in [-0.39, 0.29) is 31.1 Å². The molecule has 3 rings (SSSR count). The van der Waals surface area contributed by atoms with Crippen LogP contribution in [-0.2, 0) is 14.3 Å². The number of nitrogens with zero attached hydrogens (tertiary/aromatic N) is 2. The van der Waals surface area contributed by atoms with Crippen LogP contribution >= 0.6 is 0 Å². The fraction of sp³-hybridized carbons (Fsp3) is 0.667. The van der Waals surface area contributed by atoms with Crippen LogP contribution in [-0.4, -0.2) is 65.7 Å². The Bertz CT molecular complexity index is 551. The highest BCUT2D eigenvalue weighted by molar-refractivity contribution is 5.99. The lowest BCUT2D eigenvalue weighted by atomic mass is 9.84. The van der Waals surface area contributed by atoms with Crippen LogP contribution in [0.3, 0.4) is 0 Å². The quantitative estimate of drug-likeness (QED) is 0.408. The molecule has 0 bridgehead atoms. The third-order valence-corrected chi connectivity index (χ3v) is 5.30. The van der Waals surface area contributed by atoms with Crippen molar-refractivity contribution in [2.75, 3.05) is 32.8 Å². The average molecular weight is 334 g/mol. The minimum Gasteiger partial charge on any atom is -0.457 e. The first kappa shape index (κ1) is 17.2. The van der Waals surface area contributed by atoms with E-state index >= 15 is 0 Å². The smallest absolute Gasteiger partial charge is 0.355 e. The van der Waals surface area contributed by atoms with E-state index in [1.807, 2.05) is 0 Å². The summed E-state index contributed by atoms with van der Waals surface area (Å²) < 4.78 is 5.18. The molecule has 0 radical (unpaired) electrons. The van der Waals surface area contributed by atoms with Crippen LogP contribution in [0.1, 0.15) is 32.1 Å². The molecule has 0 aromatic heterocycles. The standard InChI is InChI=1S/C18H26N2O4/c1-2-11-24-18(23)17-14(6-10-21)13(15-12-16(22)20(15)17)5-9-19-7-3-4-8-19/h2,13,15,21H,1,3-12H2. The zero-order valence-electron chi connectivity index (χ0n) is 14.1. The average Bonchev–Trinajstić information content (AvgIpc) is 3.16. The van der Waals surface area contributed by atoms with Gasteiger partial charge in [-0.25, -0.2) is 4.79 Å². The number of likely N-dealkylation sites (tertiary alicyclic amines) is 1. The van der Waals surface area contributed by atoms with Crippen LogP contribution in [0.2, 0.25) is 0 Å². The fourth-order valence-electron chi connectivity index (χ4n) is 4.17. The molecule has 1 amide bonds. The van der Waals surface area contributed by atoms with Gasteiger partial charge >= 0.3 is 5.97 Å². The summed E-state index contributed by atoms with van der Waals surface area (Å²) in [6.07, 6.45) is 5.83. The predicted octanol–water partition coefficient (Wildman–Crippen LogP) is 1.07. The highest BCUT2D eigenvalue weighted by Gasteiger charge is 2.52. The molecular formula is C18H26N2O4. The van der Waals surface area contributed by atoms with Gasteiger partial charge in [-0.05, 0) is 50.9 Å². The Morgan fingerprint density at radius 2 is 2.12 bits per heavy atom. The second-order valence-electron chi connectivity index (χ2n) is 6.71. The van der Waals surface area contributed by atoms with Gasteiger partial charge in [0.25, 0.3) is 0 Å². The van der Waals surface area contributed by atoms with Crippen molar-refractivity contribution in [1.82, 2.24) is 9.80 Å². The van der Waals surface area contributed by atoms with E-state index in [0.29, 0.717) is 18.5 Å². The number of aliphatic hydroxyl groups is 1. The molecule has 2 unspecified atom stereocenters. The van der Waals surface area contributed by atoms with Gasteiger partial charge in [0.05, 0.1) is 6.04 Å². The number of carbonyl (C=O) groups is 2. The van der Waals surface area contributed by atoms with Crippen molar-refractivity contribution in [3.63, 3.8) is 0 Å². The van der Waals surface area contributed by atoms with E-state index in [2.05, 4.69) is 11.5 Å². The van der Waals surface area contributed by atoms with Crippen LogP contribution in [0.4, 0.5) is 0 Å². The molecule has 0 aliphatic carbocycles. The summed E-state index contributed by atoms with van der Waals surface area (Å²) in [6.45, 7) is 6.89. The number of aliphatic hydroxyl groups excluding tert-OH is 1. The molecular weight excluding hydrogens is 308 g/mol. The first-order valence-corrected chi connectivity index (χ1v) is 8.83. The summed E-state index contributed by atoms with van der Waals surface area (Å²) in [6, 6.07) is 0.0629. The third kappa shape index (κ3) is 3.13. The summed E-state index contributed by atoms with van der Waals surface area (Å²) in [5.41, 5.74) is 1.26. The van der Waals surface area contributed by atoms with E-state index < -0.39 is 5.97 Å². The van der Waals surface area contributed by atoms with Crippen molar-refractivity contribution in [3.05, 3.63) is 23.9 Å². The van der Waals surface area contributed by atoms with Crippen molar-refractivity contribution >= 4 is 11.9 Å². The van der Waals surface area contributed by atoms with E-state index in [4.69, 9.17) is 4.74 Å². The molecule has 2 fully saturated rings. The molecule has 3 heterocycles. The number of rotatable bonds is 8. The second kappa shape index (κ2) is 7.49. The molecule has 0 aromatic rings. The van der Waals surface area contributed by atoms with Crippen molar-refractivity contribution in [2.24, 2.45) is 5.92 Å². The maximum Gasteiger partial charge on any atom is 0.355 e. The van der Waals surface area contributed by atoms with Crippen molar-refractivity contribution < 1.29 is 19.4 Å². The number of carbonyl (C=O) groups excluding carboxylic acids is 2. The molecule has 6 nitrogen and oxygen atoms in total. The number of amides is 1. The Hall–Kier alpha value is -1.66. The number of hydrogen-bond donors (Lipinski definition) is 1. The minimum absolute atomic E-state index is 0.0235. The van der Waals surface area contributed by atoms with Gasteiger partial charge in [-0.15, -0.1) is 0 Å². The Morgan fingerprint density at radius 3 is 2.75 bits per heavy atom. The highest BCUT2D eigenvalue weighted by atomic mass is 16.5. The number of fused-ring (bicyclic) bond motifs is 1. The predicted molar refractivity (Wildman–Crippen MR) is 88.9 cm³/mol.